The number of imide groups is 1. The van der Waals surface area contributed by atoms with Crippen molar-refractivity contribution in [3.63, 3.8) is 0 Å². The van der Waals surface area contributed by atoms with E-state index in [4.69, 9.17) is 5.11 Å². The summed E-state index contributed by atoms with van der Waals surface area (Å²) in [7, 11) is 1.33. The summed E-state index contributed by atoms with van der Waals surface area (Å²) in [5.41, 5.74) is 0. The Morgan fingerprint density at radius 3 is 2.53 bits per heavy atom. The smallest absolute Gasteiger partial charge is 0.326 e. The summed E-state index contributed by atoms with van der Waals surface area (Å²) in [6.45, 7) is 1.80. The van der Waals surface area contributed by atoms with Gasteiger partial charge in [-0.1, -0.05) is 13.3 Å². The van der Waals surface area contributed by atoms with Gasteiger partial charge in [0.05, 0.1) is 6.42 Å². The number of hydrogen-bond acceptors (Lipinski definition) is 4. The third-order valence-corrected chi connectivity index (χ3v) is 2.87. The van der Waals surface area contributed by atoms with Crippen LogP contribution in [0.25, 0.3) is 0 Å². The average Bonchev–Trinajstić information content (AvgIpc) is 2.56. The largest absolute Gasteiger partial charge is 0.480 e. The Labute approximate surface area is 110 Å². The maximum absolute atomic E-state index is 11.6. The van der Waals surface area contributed by atoms with Crippen molar-refractivity contribution in [2.75, 3.05) is 7.05 Å². The van der Waals surface area contributed by atoms with Crippen LogP contribution in [0, 0.1) is 0 Å². The third kappa shape index (κ3) is 3.67. The second-order valence-electron chi connectivity index (χ2n) is 4.35. The van der Waals surface area contributed by atoms with E-state index in [1.54, 1.807) is 6.92 Å². The number of likely N-dealkylation sites (N-methyl/N-ethyl adjacent to an activating group) is 1. The van der Waals surface area contributed by atoms with Gasteiger partial charge in [0.2, 0.25) is 5.91 Å². The summed E-state index contributed by atoms with van der Waals surface area (Å²) in [5, 5.41) is 13.4. The van der Waals surface area contributed by atoms with Crippen molar-refractivity contribution in [2.24, 2.45) is 0 Å². The molecule has 1 heterocycles. The summed E-state index contributed by atoms with van der Waals surface area (Å²) >= 11 is 0. The van der Waals surface area contributed by atoms with Gasteiger partial charge < -0.3 is 15.7 Å². The number of nitrogens with zero attached hydrogens (tertiary/aromatic N) is 1. The molecule has 2 atom stereocenters. The molecule has 0 saturated carbocycles. The second-order valence-corrected chi connectivity index (χ2v) is 4.35. The molecule has 2 unspecified atom stereocenters. The van der Waals surface area contributed by atoms with Crippen LogP contribution in [-0.4, -0.2) is 53.0 Å². The number of hydrogen-bond donors (Lipinski definition) is 3. The Morgan fingerprint density at radius 2 is 2.11 bits per heavy atom. The predicted molar refractivity (Wildman–Crippen MR) is 64.2 cm³/mol. The van der Waals surface area contributed by atoms with E-state index < -0.39 is 30.0 Å². The number of urea groups is 1. The SMILES string of the molecule is CCCC(NC(=O)NC1CC(=O)N(C)C1=O)C(=O)O. The van der Waals surface area contributed by atoms with Gasteiger partial charge in [-0.15, -0.1) is 0 Å². The molecule has 8 heteroatoms. The van der Waals surface area contributed by atoms with E-state index in [0.717, 1.165) is 4.90 Å². The highest BCUT2D eigenvalue weighted by Gasteiger charge is 2.37. The van der Waals surface area contributed by atoms with Crippen molar-refractivity contribution in [3.8, 4) is 0 Å². The molecule has 0 radical (unpaired) electrons. The van der Waals surface area contributed by atoms with Gasteiger partial charge in [0.25, 0.3) is 5.91 Å². The number of carboxylic acid groups (broad SMARTS) is 1. The van der Waals surface area contributed by atoms with Crippen molar-refractivity contribution in [1.29, 1.82) is 0 Å². The molecule has 0 aliphatic carbocycles. The number of nitrogens with one attached hydrogen (secondary N) is 2. The summed E-state index contributed by atoms with van der Waals surface area (Å²) in [5.74, 6) is -2.01. The highest BCUT2D eigenvalue weighted by atomic mass is 16.4. The van der Waals surface area contributed by atoms with Crippen LogP contribution in [0.1, 0.15) is 26.2 Å². The molecule has 19 heavy (non-hydrogen) atoms. The fourth-order valence-electron chi connectivity index (χ4n) is 1.77. The fraction of sp³-hybridized carbons (Fsp3) is 0.636. The molecule has 106 valence electrons. The first-order chi connectivity index (χ1) is 8.86. The molecule has 0 aromatic rings. The van der Waals surface area contributed by atoms with Crippen LogP contribution in [0.3, 0.4) is 0 Å². The first-order valence-corrected chi connectivity index (χ1v) is 5.97. The van der Waals surface area contributed by atoms with Gasteiger partial charge in [-0.3, -0.25) is 14.5 Å². The Hall–Kier alpha value is -2.12. The molecule has 1 aliphatic rings. The molecule has 8 nitrogen and oxygen atoms in total. The van der Waals surface area contributed by atoms with Gasteiger partial charge in [-0.05, 0) is 6.42 Å². The lowest BCUT2D eigenvalue weighted by molar-refractivity contribution is -0.139. The van der Waals surface area contributed by atoms with Crippen LogP contribution >= 0.6 is 0 Å². The van der Waals surface area contributed by atoms with E-state index in [1.165, 1.54) is 7.05 Å². The summed E-state index contributed by atoms with van der Waals surface area (Å²) in [4.78, 5) is 46.2. The molecule has 0 aromatic heterocycles. The van der Waals surface area contributed by atoms with Crippen molar-refractivity contribution >= 4 is 23.8 Å². The summed E-state index contributed by atoms with van der Waals surface area (Å²) < 4.78 is 0. The van der Waals surface area contributed by atoms with Crippen LogP contribution in [0.2, 0.25) is 0 Å². The van der Waals surface area contributed by atoms with E-state index in [9.17, 15) is 19.2 Å². The minimum absolute atomic E-state index is 0.103. The zero-order chi connectivity index (χ0) is 14.6. The summed E-state index contributed by atoms with van der Waals surface area (Å²) in [6.07, 6.45) is 0.787. The number of aliphatic carboxylic acids is 1. The van der Waals surface area contributed by atoms with E-state index in [1.807, 2.05) is 0 Å². The normalized spacial score (nSPS) is 20.3. The number of amides is 4. The average molecular weight is 271 g/mol. The molecule has 1 fully saturated rings. The molecule has 0 aromatic carbocycles. The van der Waals surface area contributed by atoms with Crippen molar-refractivity contribution in [1.82, 2.24) is 15.5 Å². The van der Waals surface area contributed by atoms with Crippen LogP contribution in [0.5, 0.6) is 0 Å². The minimum Gasteiger partial charge on any atom is -0.480 e. The van der Waals surface area contributed by atoms with Crippen molar-refractivity contribution in [3.05, 3.63) is 0 Å². The van der Waals surface area contributed by atoms with E-state index in [0.29, 0.717) is 12.8 Å². The van der Waals surface area contributed by atoms with Gasteiger partial charge in [-0.25, -0.2) is 9.59 Å². The van der Waals surface area contributed by atoms with Crippen molar-refractivity contribution < 1.29 is 24.3 Å². The molecule has 1 rings (SSSR count). The topological polar surface area (TPSA) is 116 Å². The monoisotopic (exact) mass is 271 g/mol. The van der Waals surface area contributed by atoms with Crippen LogP contribution in [0.15, 0.2) is 0 Å². The standard InChI is InChI=1S/C11H17N3O5/c1-3-4-6(10(17)18)12-11(19)13-7-5-8(15)14(2)9(7)16/h6-7H,3-5H2,1-2H3,(H,17,18)(H2,12,13,19). The number of rotatable bonds is 5. The molecule has 1 aliphatic heterocycles. The third-order valence-electron chi connectivity index (χ3n) is 2.87. The molecular weight excluding hydrogens is 254 g/mol. The van der Waals surface area contributed by atoms with Gasteiger partial charge in [-0.2, -0.15) is 0 Å². The number of likely N-dealkylation sites (tertiary alicyclic amines) is 1. The summed E-state index contributed by atoms with van der Waals surface area (Å²) in [6, 6.07) is -2.69. The first kappa shape index (κ1) is 14.9. The Morgan fingerprint density at radius 1 is 1.47 bits per heavy atom. The van der Waals surface area contributed by atoms with Gasteiger partial charge in [0.15, 0.2) is 0 Å². The molecule has 1 saturated heterocycles. The highest BCUT2D eigenvalue weighted by molar-refractivity contribution is 6.06. The van der Waals surface area contributed by atoms with Gasteiger partial charge >= 0.3 is 12.0 Å². The lowest BCUT2D eigenvalue weighted by Crippen LogP contribution is -2.50. The van der Waals surface area contributed by atoms with Gasteiger partial charge in [0, 0.05) is 7.05 Å². The van der Waals surface area contributed by atoms with Gasteiger partial charge in [0.1, 0.15) is 12.1 Å². The Bertz CT molecular complexity index is 409. The van der Waals surface area contributed by atoms with Crippen molar-refractivity contribution in [2.45, 2.75) is 38.3 Å². The maximum Gasteiger partial charge on any atom is 0.326 e. The Balaban J connectivity index is 2.54. The second kappa shape index (κ2) is 6.17. The predicted octanol–water partition coefficient (Wildman–Crippen LogP) is -0.704. The van der Waals surface area contributed by atoms with E-state index in [-0.39, 0.29) is 12.3 Å². The number of carbonyl (C=O) groups is 4. The van der Waals surface area contributed by atoms with Crippen LogP contribution < -0.4 is 10.6 Å². The number of carbonyl (C=O) groups excluding carboxylic acids is 3. The molecule has 0 bridgehead atoms. The molecular formula is C11H17N3O5. The molecule has 4 amide bonds. The van der Waals surface area contributed by atoms with E-state index >= 15 is 0 Å². The fourth-order valence-corrected chi connectivity index (χ4v) is 1.77. The zero-order valence-corrected chi connectivity index (χ0v) is 10.8. The minimum atomic E-state index is -1.14. The van der Waals surface area contributed by atoms with Crippen LogP contribution in [-0.2, 0) is 14.4 Å². The molecule has 3 N–H and O–H groups in total. The molecule has 0 spiro atoms. The zero-order valence-electron chi connectivity index (χ0n) is 10.8. The number of carboxylic acids is 1. The maximum atomic E-state index is 11.6. The Kier molecular flexibility index (Phi) is 4.85. The lowest BCUT2D eigenvalue weighted by atomic mass is 10.2. The lowest BCUT2D eigenvalue weighted by Gasteiger charge is -2.16. The van der Waals surface area contributed by atoms with Crippen LogP contribution in [0.4, 0.5) is 4.79 Å². The quantitative estimate of drug-likeness (QED) is 0.572. The highest BCUT2D eigenvalue weighted by Crippen LogP contribution is 2.10. The first-order valence-electron chi connectivity index (χ1n) is 5.97. The van der Waals surface area contributed by atoms with E-state index in [2.05, 4.69) is 10.6 Å².